The van der Waals surface area contributed by atoms with E-state index in [1.165, 1.54) is 25.7 Å². The maximum absolute atomic E-state index is 3.54. The van der Waals surface area contributed by atoms with Crippen LogP contribution in [0.2, 0.25) is 0 Å². The van der Waals surface area contributed by atoms with E-state index in [0.29, 0.717) is 0 Å². The summed E-state index contributed by atoms with van der Waals surface area (Å²) in [5.74, 6) is 3.20. The van der Waals surface area contributed by atoms with Gasteiger partial charge in [-0.15, -0.1) is 0 Å². The highest BCUT2D eigenvalue weighted by Crippen LogP contribution is 2.65. The normalized spacial score (nSPS) is 58.6. The highest BCUT2D eigenvalue weighted by Gasteiger charge is 2.58. The van der Waals surface area contributed by atoms with Crippen molar-refractivity contribution in [3.05, 3.63) is 0 Å². The summed E-state index contributed by atoms with van der Waals surface area (Å²) in [6.07, 6.45) is 7.53. The van der Waals surface area contributed by atoms with Crippen molar-refractivity contribution in [3.63, 3.8) is 0 Å². The van der Waals surface area contributed by atoms with Crippen LogP contribution in [0.5, 0.6) is 0 Å². The first kappa shape index (κ1) is 8.28. The van der Waals surface area contributed by atoms with Gasteiger partial charge in [-0.2, -0.15) is 0 Å². The number of rotatable bonds is 1. The van der Waals surface area contributed by atoms with Crippen molar-refractivity contribution in [2.45, 2.75) is 45.1 Å². The minimum atomic E-state index is 0.751. The molecule has 3 aliphatic rings. The summed E-state index contributed by atoms with van der Waals surface area (Å²) in [7, 11) is 2.15. The molecule has 0 aromatic carbocycles. The van der Waals surface area contributed by atoms with E-state index < -0.39 is 0 Å². The molecule has 13 heavy (non-hydrogen) atoms. The molecule has 3 fully saturated rings. The standard InChI is InChI=1S/C12H21N/c1-12-6-5-8(7-12)11-9(12)3-4-10(11)13-2/h8-11,13H,3-7H2,1-2H3/t8?,9?,10-,11?,12+/m1/s1. The fourth-order valence-electron chi connectivity index (χ4n) is 4.81. The van der Waals surface area contributed by atoms with E-state index in [-0.39, 0.29) is 0 Å². The smallest absolute Gasteiger partial charge is 0.00979 e. The minimum absolute atomic E-state index is 0.751. The average Bonchev–Trinajstić information content (AvgIpc) is 2.72. The molecule has 0 amide bonds. The SMILES string of the molecule is CN[C@@H]1CCC2C1C1CC[C@@]2(C)C1. The van der Waals surface area contributed by atoms with Crippen molar-refractivity contribution in [2.24, 2.45) is 23.2 Å². The van der Waals surface area contributed by atoms with Crippen molar-refractivity contribution < 1.29 is 0 Å². The predicted molar refractivity (Wildman–Crippen MR) is 54.5 cm³/mol. The highest BCUT2D eigenvalue weighted by molar-refractivity contribution is 5.09. The van der Waals surface area contributed by atoms with Crippen LogP contribution in [0.4, 0.5) is 0 Å². The first-order chi connectivity index (χ1) is 6.24. The van der Waals surface area contributed by atoms with E-state index in [2.05, 4.69) is 19.3 Å². The topological polar surface area (TPSA) is 12.0 Å². The molecule has 1 nitrogen and oxygen atoms in total. The molecule has 0 radical (unpaired) electrons. The lowest BCUT2D eigenvalue weighted by atomic mass is 9.72. The summed E-state index contributed by atoms with van der Waals surface area (Å²) in [5.41, 5.74) is 0.751. The predicted octanol–water partition coefficient (Wildman–Crippen LogP) is 2.42. The van der Waals surface area contributed by atoms with Crippen LogP contribution in [0.3, 0.4) is 0 Å². The second-order valence-corrected chi connectivity index (χ2v) is 5.81. The van der Waals surface area contributed by atoms with Crippen molar-refractivity contribution >= 4 is 0 Å². The maximum Gasteiger partial charge on any atom is 0.00979 e. The first-order valence-corrected chi connectivity index (χ1v) is 5.92. The van der Waals surface area contributed by atoms with Gasteiger partial charge in [0.2, 0.25) is 0 Å². The highest BCUT2D eigenvalue weighted by atomic mass is 14.9. The zero-order chi connectivity index (χ0) is 9.05. The molecule has 1 N–H and O–H groups in total. The second-order valence-electron chi connectivity index (χ2n) is 5.81. The molecule has 3 saturated carbocycles. The van der Waals surface area contributed by atoms with E-state index in [1.807, 2.05) is 0 Å². The van der Waals surface area contributed by atoms with Crippen LogP contribution in [-0.4, -0.2) is 13.1 Å². The van der Waals surface area contributed by atoms with Gasteiger partial charge in [0.25, 0.3) is 0 Å². The minimum Gasteiger partial charge on any atom is -0.317 e. The first-order valence-electron chi connectivity index (χ1n) is 5.92. The third-order valence-electron chi connectivity index (χ3n) is 5.34. The van der Waals surface area contributed by atoms with E-state index in [1.54, 1.807) is 6.42 Å². The number of fused-ring (bicyclic) bond motifs is 5. The quantitative estimate of drug-likeness (QED) is 0.652. The molecular weight excluding hydrogens is 158 g/mol. The Kier molecular flexibility index (Phi) is 1.59. The molecule has 0 spiro atoms. The summed E-state index contributed by atoms with van der Waals surface area (Å²) in [6.45, 7) is 2.55. The molecule has 2 bridgehead atoms. The van der Waals surface area contributed by atoms with Gasteiger partial charge in [-0.25, -0.2) is 0 Å². The number of hydrogen-bond acceptors (Lipinski definition) is 1. The zero-order valence-electron chi connectivity index (χ0n) is 8.84. The van der Waals surface area contributed by atoms with Gasteiger partial charge in [-0.05, 0) is 62.3 Å². The van der Waals surface area contributed by atoms with Crippen molar-refractivity contribution in [1.29, 1.82) is 0 Å². The fraction of sp³-hybridized carbons (Fsp3) is 1.00. The van der Waals surface area contributed by atoms with Gasteiger partial charge < -0.3 is 5.32 Å². The Hall–Kier alpha value is -0.0400. The Morgan fingerprint density at radius 3 is 2.85 bits per heavy atom. The molecule has 0 aliphatic heterocycles. The Bertz CT molecular complexity index is 225. The van der Waals surface area contributed by atoms with Crippen molar-refractivity contribution in [2.75, 3.05) is 7.05 Å². The lowest BCUT2D eigenvalue weighted by molar-refractivity contribution is 0.162. The van der Waals surface area contributed by atoms with Crippen LogP contribution >= 0.6 is 0 Å². The Morgan fingerprint density at radius 2 is 2.08 bits per heavy atom. The second kappa shape index (κ2) is 2.50. The van der Waals surface area contributed by atoms with Gasteiger partial charge >= 0.3 is 0 Å². The molecule has 3 rings (SSSR count). The van der Waals surface area contributed by atoms with Crippen LogP contribution in [0.15, 0.2) is 0 Å². The van der Waals surface area contributed by atoms with Crippen LogP contribution in [0.1, 0.15) is 39.0 Å². The van der Waals surface area contributed by atoms with E-state index in [4.69, 9.17) is 0 Å². The van der Waals surface area contributed by atoms with Crippen LogP contribution in [0.25, 0.3) is 0 Å². The van der Waals surface area contributed by atoms with Crippen LogP contribution < -0.4 is 5.32 Å². The van der Waals surface area contributed by atoms with Gasteiger partial charge in [0.15, 0.2) is 0 Å². The molecule has 0 aromatic rings. The van der Waals surface area contributed by atoms with Crippen LogP contribution in [-0.2, 0) is 0 Å². The molecule has 1 heteroatoms. The summed E-state index contributed by atoms with van der Waals surface area (Å²) in [5, 5.41) is 3.54. The molecule has 3 aliphatic carbocycles. The summed E-state index contributed by atoms with van der Waals surface area (Å²) < 4.78 is 0. The monoisotopic (exact) mass is 179 g/mol. The van der Waals surface area contributed by atoms with Gasteiger partial charge in [-0.3, -0.25) is 0 Å². The van der Waals surface area contributed by atoms with E-state index >= 15 is 0 Å². The van der Waals surface area contributed by atoms with E-state index in [9.17, 15) is 0 Å². The third kappa shape index (κ3) is 0.918. The molecule has 0 saturated heterocycles. The Balaban J connectivity index is 1.90. The van der Waals surface area contributed by atoms with Crippen molar-refractivity contribution in [3.8, 4) is 0 Å². The zero-order valence-corrected chi connectivity index (χ0v) is 8.84. The summed E-state index contributed by atoms with van der Waals surface area (Å²) >= 11 is 0. The lowest BCUT2D eigenvalue weighted by Crippen LogP contribution is -2.36. The summed E-state index contributed by atoms with van der Waals surface area (Å²) in [4.78, 5) is 0. The van der Waals surface area contributed by atoms with Gasteiger partial charge in [0, 0.05) is 6.04 Å². The summed E-state index contributed by atoms with van der Waals surface area (Å²) in [6, 6.07) is 0.858. The lowest BCUT2D eigenvalue weighted by Gasteiger charge is -2.34. The Labute approximate surface area is 81.3 Å². The largest absolute Gasteiger partial charge is 0.317 e. The van der Waals surface area contributed by atoms with E-state index in [0.717, 1.165) is 29.2 Å². The maximum atomic E-state index is 3.54. The van der Waals surface area contributed by atoms with Gasteiger partial charge in [0.1, 0.15) is 0 Å². The molecule has 74 valence electrons. The molecule has 5 atom stereocenters. The molecule has 3 unspecified atom stereocenters. The Morgan fingerprint density at radius 1 is 1.23 bits per heavy atom. The average molecular weight is 179 g/mol. The third-order valence-corrected chi connectivity index (χ3v) is 5.34. The number of hydrogen-bond donors (Lipinski definition) is 1. The molecule has 0 aromatic heterocycles. The van der Waals surface area contributed by atoms with Crippen LogP contribution in [0, 0.1) is 23.2 Å². The van der Waals surface area contributed by atoms with Gasteiger partial charge in [0.05, 0.1) is 0 Å². The molecule has 0 heterocycles. The van der Waals surface area contributed by atoms with Gasteiger partial charge in [-0.1, -0.05) is 6.92 Å². The number of nitrogens with one attached hydrogen (secondary N) is 1. The van der Waals surface area contributed by atoms with Crippen molar-refractivity contribution in [1.82, 2.24) is 5.32 Å². The molecular formula is C12H21N. The fourth-order valence-corrected chi connectivity index (χ4v) is 4.81.